The highest BCUT2D eigenvalue weighted by atomic mass is 35.5. The predicted octanol–water partition coefficient (Wildman–Crippen LogP) is 1.56. The van der Waals surface area contributed by atoms with Gasteiger partial charge in [-0.15, -0.1) is 0 Å². The van der Waals surface area contributed by atoms with Gasteiger partial charge in [-0.2, -0.15) is 0 Å². The van der Waals surface area contributed by atoms with Crippen LogP contribution in [-0.4, -0.2) is 36.6 Å². The average Bonchev–Trinajstić information content (AvgIpc) is 2.89. The van der Waals surface area contributed by atoms with Crippen molar-refractivity contribution in [3.8, 4) is 0 Å². The minimum absolute atomic E-state index is 0.0121. The highest BCUT2D eigenvalue weighted by molar-refractivity contribution is 6.34. The summed E-state index contributed by atoms with van der Waals surface area (Å²) in [7, 11) is 1.60. The van der Waals surface area contributed by atoms with E-state index in [1.54, 1.807) is 7.11 Å². The number of hydrogen-bond acceptors (Lipinski definition) is 5. The van der Waals surface area contributed by atoms with E-state index in [1.165, 1.54) is 18.2 Å². The van der Waals surface area contributed by atoms with E-state index < -0.39 is 4.92 Å². The van der Waals surface area contributed by atoms with Gasteiger partial charge < -0.3 is 15.4 Å². The Bertz CT molecular complexity index is 537. The molecule has 1 heterocycles. The minimum Gasteiger partial charge on any atom is -0.380 e. The predicted molar refractivity (Wildman–Crippen MR) is 73.9 cm³/mol. The van der Waals surface area contributed by atoms with Gasteiger partial charge in [0.2, 0.25) is 5.91 Å². The second kappa shape index (κ2) is 6.17. The summed E-state index contributed by atoms with van der Waals surface area (Å²) in [6, 6.07) is 3.56. The number of nitro groups is 1. The molecule has 0 saturated carbocycles. The molecule has 8 heteroatoms. The topological polar surface area (TPSA) is 93.5 Å². The summed E-state index contributed by atoms with van der Waals surface area (Å²) in [5, 5.41) is 16.4. The van der Waals surface area contributed by atoms with Crippen LogP contribution >= 0.6 is 11.6 Å². The SMILES string of the molecule is COC1CNC(C(=O)Nc2ccc([N+](=O)[O-])cc2Cl)C1. The molecular formula is C12H14ClN3O4. The maximum absolute atomic E-state index is 12.0. The number of ether oxygens (including phenoxy) is 1. The van der Waals surface area contributed by atoms with E-state index in [4.69, 9.17) is 16.3 Å². The number of non-ortho nitro benzene ring substituents is 1. The molecular weight excluding hydrogens is 286 g/mol. The first-order chi connectivity index (χ1) is 9.51. The van der Waals surface area contributed by atoms with Crippen molar-refractivity contribution in [3.63, 3.8) is 0 Å². The van der Waals surface area contributed by atoms with E-state index in [0.29, 0.717) is 18.7 Å². The second-order valence-corrected chi connectivity index (χ2v) is 4.87. The van der Waals surface area contributed by atoms with Crippen molar-refractivity contribution in [2.45, 2.75) is 18.6 Å². The first-order valence-electron chi connectivity index (χ1n) is 6.02. The molecule has 1 aliphatic heterocycles. The lowest BCUT2D eigenvalue weighted by molar-refractivity contribution is -0.384. The van der Waals surface area contributed by atoms with Gasteiger partial charge >= 0.3 is 0 Å². The van der Waals surface area contributed by atoms with Crippen LogP contribution in [0.15, 0.2) is 18.2 Å². The molecule has 2 unspecified atom stereocenters. The number of nitrogens with zero attached hydrogens (tertiary/aromatic N) is 1. The highest BCUT2D eigenvalue weighted by Crippen LogP contribution is 2.27. The fraction of sp³-hybridized carbons (Fsp3) is 0.417. The van der Waals surface area contributed by atoms with Gasteiger partial charge in [0.1, 0.15) is 0 Å². The first kappa shape index (κ1) is 14.7. The van der Waals surface area contributed by atoms with Crippen molar-refractivity contribution < 1.29 is 14.5 Å². The summed E-state index contributed by atoms with van der Waals surface area (Å²) in [6.07, 6.45) is 0.588. The zero-order valence-corrected chi connectivity index (χ0v) is 11.5. The highest BCUT2D eigenvalue weighted by Gasteiger charge is 2.29. The zero-order chi connectivity index (χ0) is 14.7. The van der Waals surface area contributed by atoms with Gasteiger partial charge in [-0.1, -0.05) is 11.6 Å². The van der Waals surface area contributed by atoms with Gasteiger partial charge in [-0.3, -0.25) is 14.9 Å². The molecule has 0 aromatic heterocycles. The maximum Gasteiger partial charge on any atom is 0.271 e. The van der Waals surface area contributed by atoms with Crippen LogP contribution in [0.5, 0.6) is 0 Å². The Morgan fingerprint density at radius 3 is 2.90 bits per heavy atom. The van der Waals surface area contributed by atoms with Crippen molar-refractivity contribution in [2.75, 3.05) is 19.0 Å². The third kappa shape index (κ3) is 3.24. The van der Waals surface area contributed by atoms with Crippen LogP contribution in [0.3, 0.4) is 0 Å². The van der Waals surface area contributed by atoms with Gasteiger partial charge in [0, 0.05) is 25.8 Å². The van der Waals surface area contributed by atoms with E-state index in [0.717, 1.165) is 0 Å². The number of hydrogen-bond donors (Lipinski definition) is 2. The monoisotopic (exact) mass is 299 g/mol. The van der Waals surface area contributed by atoms with E-state index in [-0.39, 0.29) is 28.8 Å². The lowest BCUT2D eigenvalue weighted by Crippen LogP contribution is -2.35. The van der Waals surface area contributed by atoms with Gasteiger partial charge in [0.05, 0.1) is 27.8 Å². The van der Waals surface area contributed by atoms with E-state index >= 15 is 0 Å². The fourth-order valence-corrected chi connectivity index (χ4v) is 2.24. The smallest absolute Gasteiger partial charge is 0.271 e. The average molecular weight is 300 g/mol. The molecule has 2 N–H and O–H groups in total. The van der Waals surface area contributed by atoms with E-state index in [2.05, 4.69) is 10.6 Å². The first-order valence-corrected chi connectivity index (χ1v) is 6.40. The van der Waals surface area contributed by atoms with Crippen LogP contribution in [0.25, 0.3) is 0 Å². The van der Waals surface area contributed by atoms with Crippen molar-refractivity contribution in [1.82, 2.24) is 5.32 Å². The van der Waals surface area contributed by atoms with E-state index in [9.17, 15) is 14.9 Å². The number of nitrogens with one attached hydrogen (secondary N) is 2. The normalized spacial score (nSPS) is 21.7. The van der Waals surface area contributed by atoms with E-state index in [1.807, 2.05) is 0 Å². The fourth-order valence-electron chi connectivity index (χ4n) is 2.02. The van der Waals surface area contributed by atoms with Crippen LogP contribution < -0.4 is 10.6 Å². The third-order valence-electron chi connectivity index (χ3n) is 3.16. The molecule has 1 aromatic rings. The van der Waals surface area contributed by atoms with Crippen molar-refractivity contribution >= 4 is 28.9 Å². The lowest BCUT2D eigenvalue weighted by atomic mass is 10.2. The van der Waals surface area contributed by atoms with Crippen LogP contribution in [0.4, 0.5) is 11.4 Å². The largest absolute Gasteiger partial charge is 0.380 e. The molecule has 0 radical (unpaired) electrons. The van der Waals surface area contributed by atoms with Crippen molar-refractivity contribution in [1.29, 1.82) is 0 Å². The summed E-state index contributed by atoms with van der Waals surface area (Å²) in [6.45, 7) is 0.614. The number of rotatable bonds is 4. The lowest BCUT2D eigenvalue weighted by Gasteiger charge is -2.12. The second-order valence-electron chi connectivity index (χ2n) is 4.46. The molecule has 1 saturated heterocycles. The number of halogens is 1. The molecule has 1 amide bonds. The number of methoxy groups -OCH3 is 1. The Morgan fingerprint density at radius 1 is 1.60 bits per heavy atom. The third-order valence-corrected chi connectivity index (χ3v) is 3.47. The Labute approximate surface area is 120 Å². The van der Waals surface area contributed by atoms with Gasteiger partial charge in [-0.25, -0.2) is 0 Å². The summed E-state index contributed by atoms with van der Waals surface area (Å²) in [5.41, 5.74) is 0.233. The quantitative estimate of drug-likeness (QED) is 0.650. The molecule has 1 aliphatic rings. The minimum atomic E-state index is -0.542. The number of carbonyl (C=O) groups excluding carboxylic acids is 1. The molecule has 0 bridgehead atoms. The molecule has 1 aromatic carbocycles. The van der Waals surface area contributed by atoms with Crippen LogP contribution in [-0.2, 0) is 9.53 Å². The molecule has 0 aliphatic carbocycles. The summed E-state index contributed by atoms with van der Waals surface area (Å²) in [5.74, 6) is -0.236. The Balaban J connectivity index is 2.03. The Kier molecular flexibility index (Phi) is 4.53. The Hall–Kier alpha value is -1.70. The molecule has 1 fully saturated rings. The zero-order valence-electron chi connectivity index (χ0n) is 10.8. The molecule has 2 rings (SSSR count). The number of anilines is 1. The number of benzene rings is 1. The number of amides is 1. The maximum atomic E-state index is 12.0. The van der Waals surface area contributed by atoms with Gasteiger partial charge in [0.25, 0.3) is 5.69 Å². The summed E-state index contributed by atoms with van der Waals surface area (Å²) >= 11 is 5.92. The molecule has 20 heavy (non-hydrogen) atoms. The molecule has 2 atom stereocenters. The van der Waals surface area contributed by atoms with Crippen molar-refractivity contribution in [2.24, 2.45) is 0 Å². The van der Waals surface area contributed by atoms with Crippen molar-refractivity contribution in [3.05, 3.63) is 33.3 Å². The molecule has 0 spiro atoms. The van der Waals surface area contributed by atoms with Crippen LogP contribution in [0.1, 0.15) is 6.42 Å². The number of carbonyl (C=O) groups is 1. The summed E-state index contributed by atoms with van der Waals surface area (Å²) in [4.78, 5) is 22.1. The molecule has 108 valence electrons. The molecule has 7 nitrogen and oxygen atoms in total. The standard InChI is InChI=1S/C12H14ClN3O4/c1-20-8-5-11(14-6-8)12(17)15-10-3-2-7(16(18)19)4-9(10)13/h2-4,8,11,14H,5-6H2,1H3,(H,15,17). The number of nitro benzene ring substituents is 1. The Morgan fingerprint density at radius 2 is 2.35 bits per heavy atom. The van der Waals surface area contributed by atoms with Crippen LogP contribution in [0.2, 0.25) is 5.02 Å². The van der Waals surface area contributed by atoms with Gasteiger partial charge in [0.15, 0.2) is 0 Å². The van der Waals surface area contributed by atoms with Crippen LogP contribution in [0, 0.1) is 10.1 Å². The summed E-state index contributed by atoms with van der Waals surface area (Å²) < 4.78 is 5.16. The van der Waals surface area contributed by atoms with Gasteiger partial charge in [-0.05, 0) is 12.5 Å².